The molecular formula is C9H20N2O4S. The van der Waals surface area contributed by atoms with Gasteiger partial charge in [0.25, 0.3) is 10.1 Å². The molecule has 1 aliphatic heterocycles. The predicted molar refractivity (Wildman–Crippen MR) is 60.8 cm³/mol. The summed E-state index contributed by atoms with van der Waals surface area (Å²) in [7, 11) is -2.15. The highest BCUT2D eigenvalue weighted by Gasteiger charge is 2.18. The molecule has 0 aromatic carbocycles. The highest BCUT2D eigenvalue weighted by atomic mass is 32.2. The molecule has 0 radical (unpaired) electrons. The van der Waals surface area contributed by atoms with Crippen LogP contribution < -0.4 is 0 Å². The molecule has 96 valence electrons. The Morgan fingerprint density at radius 1 is 1.12 bits per heavy atom. The van der Waals surface area contributed by atoms with Crippen LogP contribution in [0.25, 0.3) is 0 Å². The van der Waals surface area contributed by atoms with E-state index in [1.807, 2.05) is 0 Å². The molecule has 1 saturated heterocycles. The number of hydrogen-bond acceptors (Lipinski definition) is 6. The molecular weight excluding hydrogens is 232 g/mol. The van der Waals surface area contributed by atoms with Gasteiger partial charge < -0.3 is 5.11 Å². The van der Waals surface area contributed by atoms with Gasteiger partial charge in [-0.15, -0.1) is 0 Å². The second-order valence-electron chi connectivity index (χ2n) is 3.84. The fraction of sp³-hybridized carbons (Fsp3) is 1.00. The van der Waals surface area contributed by atoms with E-state index < -0.39 is 10.1 Å². The van der Waals surface area contributed by atoms with Crippen molar-refractivity contribution in [3.8, 4) is 0 Å². The molecule has 1 heterocycles. The third kappa shape index (κ3) is 4.75. The summed E-state index contributed by atoms with van der Waals surface area (Å²) in [5.41, 5.74) is 0. The first-order valence-electron chi connectivity index (χ1n) is 5.41. The van der Waals surface area contributed by atoms with Gasteiger partial charge in [0.2, 0.25) is 0 Å². The largest absolute Gasteiger partial charge is 0.395 e. The van der Waals surface area contributed by atoms with Crippen molar-refractivity contribution in [1.82, 2.24) is 9.80 Å². The molecule has 0 atom stereocenters. The van der Waals surface area contributed by atoms with Crippen LogP contribution in [-0.2, 0) is 14.3 Å². The molecule has 1 rings (SSSR count). The molecule has 1 N–H and O–H groups in total. The van der Waals surface area contributed by atoms with Gasteiger partial charge in [-0.05, 0) is 0 Å². The minimum atomic E-state index is -3.34. The maximum Gasteiger partial charge on any atom is 0.268 e. The number of β-amino-alcohol motifs (C(OH)–C–C–N with tert-alkyl or cyclic N) is 1. The van der Waals surface area contributed by atoms with Crippen molar-refractivity contribution < 1.29 is 17.7 Å². The summed E-state index contributed by atoms with van der Waals surface area (Å²) in [6.45, 7) is 4.85. The Morgan fingerprint density at radius 2 is 1.62 bits per heavy atom. The van der Waals surface area contributed by atoms with E-state index in [9.17, 15) is 8.42 Å². The minimum absolute atomic E-state index is 0.0451. The summed E-state index contributed by atoms with van der Waals surface area (Å²) in [5.74, 6) is 0.0451. The molecule has 7 heteroatoms. The van der Waals surface area contributed by atoms with E-state index in [1.54, 1.807) is 0 Å². The summed E-state index contributed by atoms with van der Waals surface area (Å²) in [6, 6.07) is 0. The smallest absolute Gasteiger partial charge is 0.268 e. The van der Waals surface area contributed by atoms with Crippen molar-refractivity contribution in [3.05, 3.63) is 0 Å². The van der Waals surface area contributed by atoms with Crippen molar-refractivity contribution in [2.24, 2.45) is 0 Å². The van der Waals surface area contributed by atoms with Gasteiger partial charge in [0.05, 0.1) is 19.5 Å². The first-order chi connectivity index (χ1) is 7.57. The third-order valence-electron chi connectivity index (χ3n) is 2.79. The van der Waals surface area contributed by atoms with Crippen molar-refractivity contribution in [1.29, 1.82) is 0 Å². The molecule has 0 aromatic heterocycles. The van der Waals surface area contributed by atoms with E-state index in [2.05, 4.69) is 14.0 Å². The van der Waals surface area contributed by atoms with E-state index in [-0.39, 0.29) is 12.4 Å². The average Bonchev–Trinajstić information content (AvgIpc) is 2.29. The molecule has 16 heavy (non-hydrogen) atoms. The maximum atomic E-state index is 11.1. The Kier molecular flexibility index (Phi) is 5.63. The topological polar surface area (TPSA) is 70.1 Å². The van der Waals surface area contributed by atoms with Crippen LogP contribution in [0.1, 0.15) is 0 Å². The molecule has 0 aromatic rings. The molecule has 0 spiro atoms. The van der Waals surface area contributed by atoms with Crippen LogP contribution >= 0.6 is 0 Å². The van der Waals surface area contributed by atoms with Gasteiger partial charge >= 0.3 is 0 Å². The molecule has 0 amide bonds. The zero-order valence-electron chi connectivity index (χ0n) is 9.63. The van der Waals surface area contributed by atoms with Crippen LogP contribution in [0.5, 0.6) is 0 Å². The number of piperazine rings is 1. The molecule has 6 nitrogen and oxygen atoms in total. The summed E-state index contributed by atoms with van der Waals surface area (Å²) in [6.07, 6.45) is 0. The molecule has 1 fully saturated rings. The Hall–Kier alpha value is -0.210. The van der Waals surface area contributed by atoms with Crippen LogP contribution in [-0.4, -0.2) is 82.1 Å². The van der Waals surface area contributed by atoms with Crippen LogP contribution in [0.2, 0.25) is 0 Å². The first kappa shape index (κ1) is 13.9. The number of rotatable bonds is 6. The van der Waals surface area contributed by atoms with E-state index in [0.717, 1.165) is 26.2 Å². The Bertz CT molecular complexity index is 286. The van der Waals surface area contributed by atoms with Gasteiger partial charge in [-0.25, -0.2) is 0 Å². The van der Waals surface area contributed by atoms with Gasteiger partial charge in [-0.2, -0.15) is 8.42 Å². The van der Waals surface area contributed by atoms with E-state index in [0.29, 0.717) is 13.1 Å². The summed E-state index contributed by atoms with van der Waals surface area (Å²) in [4.78, 5) is 4.27. The van der Waals surface area contributed by atoms with Gasteiger partial charge in [0.1, 0.15) is 0 Å². The molecule has 0 bridgehead atoms. The summed E-state index contributed by atoms with van der Waals surface area (Å²) >= 11 is 0. The number of aliphatic hydroxyl groups excluding tert-OH is 1. The van der Waals surface area contributed by atoms with Crippen LogP contribution in [0.3, 0.4) is 0 Å². The fourth-order valence-corrected chi connectivity index (χ4v) is 2.35. The minimum Gasteiger partial charge on any atom is -0.395 e. The van der Waals surface area contributed by atoms with Crippen LogP contribution in [0.4, 0.5) is 0 Å². The Balaban J connectivity index is 2.22. The standard InChI is InChI=1S/C9H20N2O4S/c1-15-16(13,14)9-7-11-4-2-10(3-5-11)6-8-12/h12H,2-9H2,1H3. The normalized spacial score (nSPS) is 20.1. The number of nitrogens with zero attached hydrogens (tertiary/aromatic N) is 2. The van der Waals surface area contributed by atoms with E-state index in [1.165, 1.54) is 7.11 Å². The quantitative estimate of drug-likeness (QED) is 0.585. The summed E-state index contributed by atoms with van der Waals surface area (Å²) < 4.78 is 26.6. The van der Waals surface area contributed by atoms with E-state index in [4.69, 9.17) is 5.11 Å². The predicted octanol–water partition coefficient (Wildman–Crippen LogP) is -1.43. The average molecular weight is 252 g/mol. The lowest BCUT2D eigenvalue weighted by Crippen LogP contribution is -2.48. The van der Waals surface area contributed by atoms with E-state index >= 15 is 0 Å². The highest BCUT2D eigenvalue weighted by molar-refractivity contribution is 7.86. The molecule has 0 aliphatic carbocycles. The lowest BCUT2D eigenvalue weighted by molar-refractivity contribution is 0.116. The number of hydrogen-bond donors (Lipinski definition) is 1. The summed E-state index contributed by atoms with van der Waals surface area (Å²) in [5, 5.41) is 8.78. The SMILES string of the molecule is COS(=O)(=O)CCN1CCN(CCO)CC1. The molecule has 0 unspecified atom stereocenters. The zero-order valence-corrected chi connectivity index (χ0v) is 10.4. The highest BCUT2D eigenvalue weighted by Crippen LogP contribution is 2.02. The first-order valence-corrected chi connectivity index (χ1v) is 6.99. The van der Waals surface area contributed by atoms with Crippen LogP contribution in [0, 0.1) is 0 Å². The van der Waals surface area contributed by atoms with Gasteiger partial charge in [0.15, 0.2) is 0 Å². The monoisotopic (exact) mass is 252 g/mol. The molecule has 0 saturated carbocycles. The van der Waals surface area contributed by atoms with Gasteiger partial charge in [-0.1, -0.05) is 0 Å². The second-order valence-corrected chi connectivity index (χ2v) is 5.69. The Labute approximate surface area is 96.9 Å². The third-order valence-corrected chi connectivity index (χ3v) is 3.98. The van der Waals surface area contributed by atoms with Crippen molar-refractivity contribution in [3.63, 3.8) is 0 Å². The zero-order chi connectivity index (χ0) is 12.0. The lowest BCUT2D eigenvalue weighted by atomic mass is 10.3. The second kappa shape index (κ2) is 6.51. The van der Waals surface area contributed by atoms with Crippen molar-refractivity contribution >= 4 is 10.1 Å². The Morgan fingerprint density at radius 3 is 2.06 bits per heavy atom. The van der Waals surface area contributed by atoms with Gasteiger partial charge in [0, 0.05) is 39.3 Å². The fourth-order valence-electron chi connectivity index (χ4n) is 1.70. The van der Waals surface area contributed by atoms with Crippen molar-refractivity contribution in [2.45, 2.75) is 0 Å². The maximum absolute atomic E-state index is 11.1. The van der Waals surface area contributed by atoms with Crippen LogP contribution in [0.15, 0.2) is 0 Å². The van der Waals surface area contributed by atoms with Crippen molar-refractivity contribution in [2.75, 3.05) is 58.7 Å². The lowest BCUT2D eigenvalue weighted by Gasteiger charge is -2.34. The van der Waals surface area contributed by atoms with Gasteiger partial charge in [-0.3, -0.25) is 14.0 Å². The molecule has 1 aliphatic rings. The number of aliphatic hydroxyl groups is 1.